The molecule has 0 unspecified atom stereocenters. The summed E-state index contributed by atoms with van der Waals surface area (Å²) >= 11 is 0. The second-order valence-electron chi connectivity index (χ2n) is 7.09. The third-order valence-electron chi connectivity index (χ3n) is 4.83. The van der Waals surface area contributed by atoms with Crippen LogP contribution >= 0.6 is 0 Å². The molecule has 0 heterocycles. The minimum atomic E-state index is -4.27. The Morgan fingerprint density at radius 2 is 1.50 bits per heavy atom. The number of benzene rings is 4. The molecule has 32 heavy (non-hydrogen) atoms. The molecule has 7 heteroatoms. The second-order valence-corrected chi connectivity index (χ2v) is 8.60. The van der Waals surface area contributed by atoms with Crippen molar-refractivity contribution in [1.29, 1.82) is 0 Å². The summed E-state index contributed by atoms with van der Waals surface area (Å²) in [6, 6.07) is 23.7. The molecule has 0 atom stereocenters. The number of para-hydroxylation sites is 1. The fraction of sp³-hybridized carbons (Fsp3) is 0.0800. The molecule has 6 nitrogen and oxygen atoms in total. The number of esters is 1. The summed E-state index contributed by atoms with van der Waals surface area (Å²) < 4.78 is 41.9. The highest BCUT2D eigenvalue weighted by Crippen LogP contribution is 2.30. The van der Waals surface area contributed by atoms with Gasteiger partial charge in [0.1, 0.15) is 22.0 Å². The van der Waals surface area contributed by atoms with Gasteiger partial charge in [0.2, 0.25) is 0 Å². The molecule has 0 saturated carbocycles. The van der Waals surface area contributed by atoms with E-state index < -0.39 is 16.1 Å². The average molecular weight is 448 g/mol. The quantitative estimate of drug-likeness (QED) is 0.231. The van der Waals surface area contributed by atoms with Crippen LogP contribution in [0, 0.1) is 6.92 Å². The third kappa shape index (κ3) is 4.43. The van der Waals surface area contributed by atoms with E-state index in [1.807, 2.05) is 30.3 Å². The lowest BCUT2D eigenvalue weighted by molar-refractivity contribution is 0.0733. The zero-order valence-electron chi connectivity index (χ0n) is 17.4. The Morgan fingerprint density at radius 3 is 2.28 bits per heavy atom. The Balaban J connectivity index is 1.64. The molecule has 0 bridgehead atoms. The van der Waals surface area contributed by atoms with Crippen LogP contribution in [0.2, 0.25) is 0 Å². The van der Waals surface area contributed by atoms with Gasteiger partial charge in [-0.1, -0.05) is 48.5 Å². The fourth-order valence-electron chi connectivity index (χ4n) is 3.24. The standard InChI is InChI=1S/C25H20O6S/c1-17-11-14-23(29-2)24(15-17)32(27,28)31-22-10-6-5-9-21(22)25(26)30-20-13-12-18-7-3-4-8-19(18)16-20/h3-16H,1-2H3. The van der Waals surface area contributed by atoms with Crippen molar-refractivity contribution in [2.45, 2.75) is 11.8 Å². The van der Waals surface area contributed by atoms with Gasteiger partial charge in [0.15, 0.2) is 5.75 Å². The smallest absolute Gasteiger partial charge is 0.347 e. The predicted octanol–water partition coefficient (Wildman–Crippen LogP) is 5.14. The van der Waals surface area contributed by atoms with Gasteiger partial charge in [-0.15, -0.1) is 0 Å². The van der Waals surface area contributed by atoms with E-state index in [9.17, 15) is 13.2 Å². The molecule has 4 rings (SSSR count). The molecule has 0 aliphatic carbocycles. The van der Waals surface area contributed by atoms with Crippen molar-refractivity contribution in [2.24, 2.45) is 0 Å². The second kappa shape index (κ2) is 8.72. The van der Waals surface area contributed by atoms with Crippen LogP contribution in [0.1, 0.15) is 15.9 Å². The first-order valence-electron chi connectivity index (χ1n) is 9.76. The van der Waals surface area contributed by atoms with Crippen LogP contribution in [0.3, 0.4) is 0 Å². The summed E-state index contributed by atoms with van der Waals surface area (Å²) in [5, 5.41) is 1.92. The number of rotatable bonds is 6. The maximum atomic E-state index is 13.0. The van der Waals surface area contributed by atoms with Crippen LogP contribution in [-0.4, -0.2) is 21.5 Å². The monoisotopic (exact) mass is 448 g/mol. The van der Waals surface area contributed by atoms with E-state index in [2.05, 4.69) is 0 Å². The molecule has 0 amide bonds. The Bertz CT molecular complexity index is 1410. The molecule has 162 valence electrons. The molecule has 0 saturated heterocycles. The van der Waals surface area contributed by atoms with E-state index in [1.165, 1.54) is 25.3 Å². The molecule has 0 aliphatic heterocycles. The average Bonchev–Trinajstić information content (AvgIpc) is 2.79. The number of ether oxygens (including phenoxy) is 2. The Morgan fingerprint density at radius 1 is 0.781 bits per heavy atom. The molecule has 0 N–H and O–H groups in total. The summed E-state index contributed by atoms with van der Waals surface area (Å²) in [4.78, 5) is 12.7. The van der Waals surface area contributed by atoms with Gasteiger partial charge in [0, 0.05) is 0 Å². The van der Waals surface area contributed by atoms with E-state index in [4.69, 9.17) is 13.7 Å². The van der Waals surface area contributed by atoms with Gasteiger partial charge in [-0.25, -0.2) is 4.79 Å². The molecule has 0 aromatic heterocycles. The highest BCUT2D eigenvalue weighted by atomic mass is 32.2. The van der Waals surface area contributed by atoms with E-state index in [0.29, 0.717) is 5.75 Å². The van der Waals surface area contributed by atoms with Crippen molar-refractivity contribution in [3.05, 3.63) is 96.1 Å². The molecule has 4 aromatic rings. The summed E-state index contributed by atoms with van der Waals surface area (Å²) in [7, 11) is -2.90. The fourth-order valence-corrected chi connectivity index (χ4v) is 4.44. The van der Waals surface area contributed by atoms with E-state index in [0.717, 1.165) is 16.3 Å². The van der Waals surface area contributed by atoms with Gasteiger partial charge in [0.25, 0.3) is 0 Å². The lowest BCUT2D eigenvalue weighted by atomic mass is 10.1. The largest absolute Gasteiger partial charge is 0.495 e. The lowest BCUT2D eigenvalue weighted by Crippen LogP contribution is -2.15. The van der Waals surface area contributed by atoms with E-state index in [1.54, 1.807) is 43.3 Å². The zero-order valence-corrected chi connectivity index (χ0v) is 18.3. The van der Waals surface area contributed by atoms with Crippen molar-refractivity contribution in [3.8, 4) is 17.2 Å². The lowest BCUT2D eigenvalue weighted by Gasteiger charge is -2.13. The van der Waals surface area contributed by atoms with Crippen LogP contribution in [0.4, 0.5) is 0 Å². The van der Waals surface area contributed by atoms with Gasteiger partial charge in [-0.05, 0) is 59.7 Å². The van der Waals surface area contributed by atoms with E-state index in [-0.39, 0.29) is 22.0 Å². The number of fused-ring (bicyclic) bond motifs is 1. The number of hydrogen-bond donors (Lipinski definition) is 0. The van der Waals surface area contributed by atoms with Crippen molar-refractivity contribution in [1.82, 2.24) is 0 Å². The van der Waals surface area contributed by atoms with Gasteiger partial charge >= 0.3 is 16.1 Å². The minimum absolute atomic E-state index is 0.0177. The Labute approximate surface area is 186 Å². The normalized spacial score (nSPS) is 11.2. The highest BCUT2D eigenvalue weighted by molar-refractivity contribution is 7.87. The molecule has 4 aromatic carbocycles. The third-order valence-corrected chi connectivity index (χ3v) is 6.08. The van der Waals surface area contributed by atoms with Crippen molar-refractivity contribution in [3.63, 3.8) is 0 Å². The van der Waals surface area contributed by atoms with Gasteiger partial charge in [-0.3, -0.25) is 0 Å². The van der Waals surface area contributed by atoms with Crippen molar-refractivity contribution < 1.29 is 26.9 Å². The SMILES string of the molecule is COc1ccc(C)cc1S(=O)(=O)Oc1ccccc1C(=O)Oc1ccc2ccccc2c1. The predicted molar refractivity (Wildman–Crippen MR) is 121 cm³/mol. The number of aryl methyl sites for hydroxylation is 1. The maximum absolute atomic E-state index is 13.0. The maximum Gasteiger partial charge on any atom is 0.347 e. The first-order chi connectivity index (χ1) is 15.4. The Hall–Kier alpha value is -3.84. The summed E-state index contributed by atoms with van der Waals surface area (Å²) in [5.74, 6) is -0.386. The minimum Gasteiger partial charge on any atom is -0.495 e. The van der Waals surface area contributed by atoms with Crippen molar-refractivity contribution in [2.75, 3.05) is 7.11 Å². The summed E-state index contributed by atoms with van der Waals surface area (Å²) in [6.45, 7) is 1.76. The number of carbonyl (C=O) groups excluding carboxylic acids is 1. The summed E-state index contributed by atoms with van der Waals surface area (Å²) in [5.41, 5.74) is 0.702. The first-order valence-corrected chi connectivity index (χ1v) is 11.2. The molecule has 0 fully saturated rings. The molecule has 0 spiro atoms. The molecule has 0 aliphatic rings. The van der Waals surface area contributed by atoms with Gasteiger partial charge in [-0.2, -0.15) is 8.42 Å². The highest BCUT2D eigenvalue weighted by Gasteiger charge is 2.25. The van der Waals surface area contributed by atoms with Crippen LogP contribution in [0.15, 0.2) is 89.8 Å². The molecular weight excluding hydrogens is 428 g/mol. The molecular formula is C25H20O6S. The first kappa shape index (κ1) is 21.4. The number of methoxy groups -OCH3 is 1. The van der Waals surface area contributed by atoms with Gasteiger partial charge in [0.05, 0.1) is 7.11 Å². The number of carbonyl (C=O) groups is 1. The van der Waals surface area contributed by atoms with Gasteiger partial charge < -0.3 is 13.7 Å². The summed E-state index contributed by atoms with van der Waals surface area (Å²) in [6.07, 6.45) is 0. The molecule has 0 radical (unpaired) electrons. The zero-order chi connectivity index (χ0) is 22.7. The Kier molecular flexibility index (Phi) is 5.83. The number of hydrogen-bond acceptors (Lipinski definition) is 6. The van der Waals surface area contributed by atoms with Crippen LogP contribution < -0.4 is 13.7 Å². The van der Waals surface area contributed by atoms with Crippen LogP contribution in [0.25, 0.3) is 10.8 Å². The van der Waals surface area contributed by atoms with Crippen LogP contribution in [0.5, 0.6) is 17.2 Å². The van der Waals surface area contributed by atoms with Crippen LogP contribution in [-0.2, 0) is 10.1 Å². The topological polar surface area (TPSA) is 78.9 Å². The van der Waals surface area contributed by atoms with E-state index >= 15 is 0 Å². The van der Waals surface area contributed by atoms with Crippen molar-refractivity contribution >= 4 is 26.9 Å².